The number of rotatable bonds is 19. The molecule has 1 heterocycles. The van der Waals surface area contributed by atoms with E-state index in [1.807, 2.05) is 39.0 Å². The smallest absolute Gasteiger partial charge is 0.254 e. The fraction of sp³-hybridized carbons (Fsp3) is 0.449. The molecule has 3 aliphatic rings. The molecule has 0 saturated heterocycles. The number of carbonyl (C=O) groups is 1. The van der Waals surface area contributed by atoms with Crippen molar-refractivity contribution in [2.75, 3.05) is 26.4 Å². The Hall–Kier alpha value is -5.28. The van der Waals surface area contributed by atoms with Crippen molar-refractivity contribution in [3.63, 3.8) is 0 Å². The molecule has 318 valence electrons. The van der Waals surface area contributed by atoms with Crippen LogP contribution in [-0.2, 0) is 16.1 Å². The Kier molecular flexibility index (Phi) is 14.7. The van der Waals surface area contributed by atoms with Crippen LogP contribution in [0.25, 0.3) is 0 Å². The molecule has 6 atom stereocenters. The molecular weight excluding hydrogens is 762 g/mol. The SMILES string of the molecule is C=CCOc1ccc2c(c1)[C@H]1[C@H](CCCCO)[C@@H](CCCCO)C=C3C(=NOC(C)(C)C)C[C@H](N(Cc4ccc(F)cc4)C(=O)c4ccc(C#N)cc4)[C@@](OCC=C)(O2)[C@H]31. The predicted octanol–water partition coefficient (Wildman–Crippen LogP) is 9.04. The number of oxime groups is 1. The van der Waals surface area contributed by atoms with Gasteiger partial charge >= 0.3 is 0 Å². The van der Waals surface area contributed by atoms with Crippen LogP contribution in [0.4, 0.5) is 4.39 Å². The number of fused-ring (bicyclic) bond motifs is 2. The fourth-order valence-corrected chi connectivity index (χ4v) is 9.05. The van der Waals surface area contributed by atoms with Crippen LogP contribution in [0.3, 0.4) is 0 Å². The second-order valence-electron chi connectivity index (χ2n) is 16.8. The predicted molar refractivity (Wildman–Crippen MR) is 229 cm³/mol. The lowest BCUT2D eigenvalue weighted by molar-refractivity contribution is -0.255. The zero-order valence-corrected chi connectivity index (χ0v) is 35.0. The number of hydrogen-bond acceptors (Lipinski definition) is 9. The summed E-state index contributed by atoms with van der Waals surface area (Å²) in [5.74, 6) is -1.68. The van der Waals surface area contributed by atoms with Crippen molar-refractivity contribution in [2.24, 2.45) is 22.9 Å². The Balaban J connectivity index is 1.65. The number of amides is 1. The summed E-state index contributed by atoms with van der Waals surface area (Å²) in [5.41, 5.74) is 3.32. The normalized spacial score (nSPS) is 23.6. The van der Waals surface area contributed by atoms with Gasteiger partial charge in [-0.25, -0.2) is 4.39 Å². The first-order valence-corrected chi connectivity index (χ1v) is 21.0. The molecule has 3 aromatic carbocycles. The van der Waals surface area contributed by atoms with Gasteiger partial charge in [0.05, 0.1) is 29.9 Å². The minimum atomic E-state index is -1.50. The molecule has 1 aliphatic heterocycles. The van der Waals surface area contributed by atoms with Crippen molar-refractivity contribution in [1.82, 2.24) is 4.90 Å². The van der Waals surface area contributed by atoms with E-state index in [2.05, 4.69) is 25.3 Å². The summed E-state index contributed by atoms with van der Waals surface area (Å²) in [7, 11) is 0. The summed E-state index contributed by atoms with van der Waals surface area (Å²) in [4.78, 5) is 23.2. The van der Waals surface area contributed by atoms with Crippen molar-refractivity contribution in [1.29, 1.82) is 5.26 Å². The summed E-state index contributed by atoms with van der Waals surface area (Å²) in [5, 5.41) is 34.3. The van der Waals surface area contributed by atoms with Crippen LogP contribution in [-0.4, -0.2) is 70.6 Å². The van der Waals surface area contributed by atoms with Crippen LogP contribution in [0.2, 0.25) is 0 Å². The first-order valence-electron chi connectivity index (χ1n) is 21.0. The zero-order chi connectivity index (χ0) is 42.9. The molecule has 1 amide bonds. The van der Waals surface area contributed by atoms with Crippen LogP contribution < -0.4 is 9.47 Å². The van der Waals surface area contributed by atoms with Gasteiger partial charge < -0.3 is 34.2 Å². The van der Waals surface area contributed by atoms with Crippen molar-refractivity contribution < 1.29 is 38.4 Å². The Morgan fingerprint density at radius 2 is 1.70 bits per heavy atom. The van der Waals surface area contributed by atoms with Crippen LogP contribution in [0.5, 0.6) is 11.5 Å². The molecule has 0 spiro atoms. The molecule has 1 saturated carbocycles. The first kappa shape index (κ1) is 44.3. The van der Waals surface area contributed by atoms with E-state index in [0.29, 0.717) is 53.3 Å². The highest BCUT2D eigenvalue weighted by Gasteiger charge is 2.65. The van der Waals surface area contributed by atoms with Gasteiger partial charge in [-0.05, 0) is 124 Å². The average molecular weight is 820 g/mol. The van der Waals surface area contributed by atoms with E-state index < -0.39 is 29.2 Å². The number of benzene rings is 3. The lowest BCUT2D eigenvalue weighted by atomic mass is 9.55. The summed E-state index contributed by atoms with van der Waals surface area (Å²) in [6.07, 6.45) is 10.3. The number of carbonyl (C=O) groups excluding carboxylic acids is 1. The van der Waals surface area contributed by atoms with Crippen LogP contribution in [0.15, 0.2) is 109 Å². The van der Waals surface area contributed by atoms with Gasteiger partial charge in [0, 0.05) is 43.2 Å². The highest BCUT2D eigenvalue weighted by atomic mass is 19.1. The molecule has 11 heteroatoms. The summed E-state index contributed by atoms with van der Waals surface area (Å²) in [6.45, 7) is 14.3. The third kappa shape index (κ3) is 9.84. The Morgan fingerprint density at radius 3 is 2.35 bits per heavy atom. The zero-order valence-electron chi connectivity index (χ0n) is 35.0. The third-order valence-corrected chi connectivity index (χ3v) is 11.6. The number of nitriles is 1. The molecule has 0 bridgehead atoms. The number of aliphatic hydroxyl groups excluding tert-OH is 2. The summed E-state index contributed by atoms with van der Waals surface area (Å²) in [6, 6.07) is 19.7. The number of halogens is 1. The van der Waals surface area contributed by atoms with Gasteiger partial charge in [0.2, 0.25) is 5.79 Å². The second kappa shape index (κ2) is 19.9. The topological polar surface area (TPSA) is 134 Å². The largest absolute Gasteiger partial charge is 0.490 e. The molecule has 60 heavy (non-hydrogen) atoms. The van der Waals surface area contributed by atoms with E-state index >= 15 is 4.79 Å². The fourth-order valence-electron chi connectivity index (χ4n) is 9.05. The van der Waals surface area contributed by atoms with Gasteiger partial charge in [-0.1, -0.05) is 54.9 Å². The van der Waals surface area contributed by atoms with Crippen molar-refractivity contribution in [3.8, 4) is 17.6 Å². The van der Waals surface area contributed by atoms with Crippen LogP contribution in [0, 0.1) is 34.9 Å². The molecule has 0 radical (unpaired) electrons. The monoisotopic (exact) mass is 819 g/mol. The minimum Gasteiger partial charge on any atom is -0.490 e. The maximum atomic E-state index is 15.2. The third-order valence-electron chi connectivity index (χ3n) is 11.6. The molecule has 6 rings (SSSR count). The number of nitrogens with zero attached hydrogens (tertiary/aromatic N) is 3. The number of aliphatic hydroxyl groups is 2. The van der Waals surface area contributed by atoms with Gasteiger partial charge in [0.1, 0.15) is 35.6 Å². The van der Waals surface area contributed by atoms with E-state index in [9.17, 15) is 19.9 Å². The maximum Gasteiger partial charge on any atom is 0.254 e. The number of allylic oxidation sites excluding steroid dienone is 1. The molecular formula is C49H58FN3O7. The first-order chi connectivity index (χ1) is 29.0. The van der Waals surface area contributed by atoms with E-state index in [4.69, 9.17) is 24.2 Å². The van der Waals surface area contributed by atoms with Crippen molar-refractivity contribution >= 4 is 11.6 Å². The highest BCUT2D eigenvalue weighted by molar-refractivity contribution is 6.03. The maximum absolute atomic E-state index is 15.2. The van der Waals surface area contributed by atoms with E-state index in [1.165, 1.54) is 12.1 Å². The van der Waals surface area contributed by atoms with E-state index in [0.717, 1.165) is 36.8 Å². The Morgan fingerprint density at radius 1 is 1.00 bits per heavy atom. The van der Waals surface area contributed by atoms with E-state index in [-0.39, 0.29) is 56.4 Å². The number of unbranched alkanes of at least 4 members (excludes halogenated alkanes) is 2. The van der Waals surface area contributed by atoms with E-state index in [1.54, 1.807) is 53.5 Å². The molecule has 3 aromatic rings. The number of ether oxygens (including phenoxy) is 3. The van der Waals surface area contributed by atoms with Gasteiger partial charge in [0.15, 0.2) is 0 Å². The molecule has 2 N–H and O–H groups in total. The van der Waals surface area contributed by atoms with Crippen LogP contribution in [0.1, 0.15) is 98.7 Å². The van der Waals surface area contributed by atoms with Crippen LogP contribution >= 0.6 is 0 Å². The summed E-state index contributed by atoms with van der Waals surface area (Å²) >= 11 is 0. The van der Waals surface area contributed by atoms with Gasteiger partial charge in [-0.2, -0.15) is 5.26 Å². The molecule has 10 nitrogen and oxygen atoms in total. The molecule has 2 aliphatic carbocycles. The molecule has 0 unspecified atom stereocenters. The quantitative estimate of drug-likeness (QED) is 0.0696. The van der Waals surface area contributed by atoms with Gasteiger partial charge in [0.25, 0.3) is 5.91 Å². The molecule has 0 aromatic heterocycles. The Labute approximate surface area is 353 Å². The van der Waals surface area contributed by atoms with Crippen molar-refractivity contribution in [3.05, 3.63) is 132 Å². The lowest BCUT2D eigenvalue weighted by Gasteiger charge is -2.60. The standard InChI is InChI=1S/C49H58FN3O7/c1-6-26-57-38-22-23-43-41(29-38)45-39(13-9-11-25-55)36(12-8-10-24-54)28-40-42(52-60-48(3,4)5)30-44(49(59-43,46(40)45)58-27-7-2)53(32-34-16-20-37(50)21-17-34)47(56)35-18-14-33(31-51)15-19-35/h6-7,14-23,28-29,36,39,44-46,54-55H,1-2,8-13,24-27,30,32H2,3-5H3/t36-,39+,44-,45+,46+,49+/m0/s1. The minimum absolute atomic E-state index is 0.0244. The van der Waals surface area contributed by atoms with Gasteiger partial charge in [-0.15, -0.1) is 6.58 Å². The molecule has 1 fully saturated rings. The lowest BCUT2D eigenvalue weighted by Crippen LogP contribution is -2.70. The number of hydrogen-bond donors (Lipinski definition) is 2. The van der Waals surface area contributed by atoms with Crippen molar-refractivity contribution in [2.45, 2.75) is 95.6 Å². The van der Waals surface area contributed by atoms with Gasteiger partial charge in [-0.3, -0.25) is 4.79 Å². The Bertz CT molecular complexity index is 2070. The average Bonchev–Trinajstić information content (AvgIpc) is 3.24. The highest BCUT2D eigenvalue weighted by Crippen LogP contribution is 2.62. The second-order valence-corrected chi connectivity index (χ2v) is 16.8. The summed E-state index contributed by atoms with van der Waals surface area (Å²) < 4.78 is 34.9.